The Labute approximate surface area is 235 Å². The molecule has 1 spiro atoms. The van der Waals surface area contributed by atoms with Gasteiger partial charge in [-0.15, -0.1) is 11.8 Å². The molecule has 3 fully saturated rings. The summed E-state index contributed by atoms with van der Waals surface area (Å²) in [6.45, 7) is 6.68. The Bertz CT molecular complexity index is 1250. The minimum absolute atomic E-state index is 0.0811. The van der Waals surface area contributed by atoms with Gasteiger partial charge in [0, 0.05) is 29.3 Å². The van der Waals surface area contributed by atoms with E-state index >= 15 is 0 Å². The quantitative estimate of drug-likeness (QED) is 0.366. The Balaban J connectivity index is 1.46. The van der Waals surface area contributed by atoms with Crippen molar-refractivity contribution < 1.29 is 19.5 Å². The molecule has 3 saturated heterocycles. The molecule has 3 aliphatic heterocycles. The van der Waals surface area contributed by atoms with E-state index in [2.05, 4.69) is 17.6 Å². The van der Waals surface area contributed by atoms with E-state index in [1.54, 1.807) is 16.7 Å². The molecule has 7 nitrogen and oxygen atoms in total. The summed E-state index contributed by atoms with van der Waals surface area (Å²) >= 11 is 1.69. The Hall–Kier alpha value is -2.84. The lowest BCUT2D eigenvalue weighted by Gasteiger charge is -2.35. The number of rotatable bonds is 10. The van der Waals surface area contributed by atoms with Crippen molar-refractivity contribution >= 4 is 40.9 Å². The molecule has 208 valence electrons. The number of fused-ring (bicyclic) bond motifs is 1. The number of nitrogens with one attached hydrogen (secondary N) is 2. The van der Waals surface area contributed by atoms with Gasteiger partial charge in [-0.2, -0.15) is 0 Å². The average Bonchev–Trinajstić information content (AvgIpc) is 3.47. The highest BCUT2D eigenvalue weighted by Gasteiger charge is 2.77. The third-order valence-electron chi connectivity index (χ3n) is 8.81. The second-order valence-corrected chi connectivity index (χ2v) is 13.5. The molecule has 2 aromatic carbocycles. The molecule has 0 radical (unpaired) electrons. The van der Waals surface area contributed by atoms with Crippen LogP contribution in [0.2, 0.25) is 0 Å². The first-order valence-corrected chi connectivity index (χ1v) is 14.9. The number of hydrogen-bond donors (Lipinski definition) is 3. The van der Waals surface area contributed by atoms with Gasteiger partial charge in [-0.1, -0.05) is 43.2 Å². The number of unbranched alkanes of at least 4 members (excludes halogenated alkanes) is 3. The zero-order valence-electron chi connectivity index (χ0n) is 23.0. The van der Waals surface area contributed by atoms with Gasteiger partial charge in [-0.05, 0) is 75.8 Å². The van der Waals surface area contributed by atoms with Crippen LogP contribution in [0.1, 0.15) is 56.6 Å². The fourth-order valence-corrected chi connectivity index (χ4v) is 9.28. The molecular formula is C31H39N3O4S. The molecule has 5 rings (SSSR count). The minimum atomic E-state index is -0.644. The Morgan fingerprint density at radius 2 is 1.74 bits per heavy atom. The van der Waals surface area contributed by atoms with E-state index in [0.717, 1.165) is 55.3 Å². The second kappa shape index (κ2) is 11.0. The Morgan fingerprint density at radius 1 is 1.00 bits per heavy atom. The summed E-state index contributed by atoms with van der Waals surface area (Å²) in [6.07, 6.45) is 4.74. The van der Waals surface area contributed by atoms with Gasteiger partial charge in [0.15, 0.2) is 0 Å². The van der Waals surface area contributed by atoms with Crippen molar-refractivity contribution in [1.29, 1.82) is 0 Å². The highest BCUT2D eigenvalue weighted by atomic mass is 32.2. The summed E-state index contributed by atoms with van der Waals surface area (Å²) < 4.78 is -1.05. The topological polar surface area (TPSA) is 98.7 Å². The highest BCUT2D eigenvalue weighted by Crippen LogP contribution is 2.71. The lowest BCUT2D eigenvalue weighted by Crippen LogP contribution is -2.52. The monoisotopic (exact) mass is 549 g/mol. The van der Waals surface area contributed by atoms with E-state index < -0.39 is 27.4 Å². The maximum Gasteiger partial charge on any atom is 0.248 e. The minimum Gasteiger partial charge on any atom is -0.396 e. The normalized spacial score (nSPS) is 29.0. The number of likely N-dealkylation sites (tertiary alicyclic amines) is 1. The number of aliphatic hydroxyl groups is 1. The van der Waals surface area contributed by atoms with E-state index in [-0.39, 0.29) is 24.3 Å². The van der Waals surface area contributed by atoms with Crippen molar-refractivity contribution in [3.63, 3.8) is 0 Å². The average molecular weight is 550 g/mol. The Kier molecular flexibility index (Phi) is 7.80. The van der Waals surface area contributed by atoms with Gasteiger partial charge in [0.05, 0.1) is 16.6 Å². The lowest BCUT2D eigenvalue weighted by molar-refractivity contribution is -0.139. The third kappa shape index (κ3) is 4.97. The van der Waals surface area contributed by atoms with Crippen LogP contribution in [0.25, 0.3) is 0 Å². The Morgan fingerprint density at radius 3 is 2.49 bits per heavy atom. The molecule has 2 bridgehead atoms. The maximum atomic E-state index is 14.2. The number of aryl methyl sites for hydroxylation is 2. The van der Waals surface area contributed by atoms with Crippen LogP contribution in [-0.2, 0) is 14.4 Å². The van der Waals surface area contributed by atoms with Gasteiger partial charge >= 0.3 is 0 Å². The first-order valence-electron chi connectivity index (χ1n) is 14.1. The van der Waals surface area contributed by atoms with Crippen LogP contribution in [0.4, 0.5) is 11.4 Å². The molecule has 0 aliphatic carbocycles. The zero-order chi connectivity index (χ0) is 27.8. The SMILES string of the molecule is Cc1ccc(C)c(NC(=O)C2N(CCCCCCO)C(=O)[C@@H]3[C@@H](C(=O)Nc4ccccc4)[C@@]4(C)CCC23S4)c1. The number of carbonyl (C=O) groups is 3. The van der Waals surface area contributed by atoms with Crippen LogP contribution < -0.4 is 10.6 Å². The summed E-state index contributed by atoms with van der Waals surface area (Å²) in [5, 5.41) is 15.4. The standard InChI is InChI=1S/C31H39N3O4S/c1-20-13-14-21(2)23(19-20)33-28(37)26-31-16-15-30(3,39-31)24(27(36)32-22-11-7-6-8-12-22)25(31)29(38)34(26)17-9-4-5-10-18-35/h6-8,11-14,19,24-26,35H,4-5,9-10,15-18H2,1-3H3,(H,32,36)(H,33,37)/t24-,25-,26?,30+,31?/m0/s1. The molecule has 3 amide bonds. The fourth-order valence-electron chi connectivity index (χ4n) is 6.93. The van der Waals surface area contributed by atoms with Crippen molar-refractivity contribution in [3.8, 4) is 0 Å². The van der Waals surface area contributed by atoms with Gasteiger partial charge < -0.3 is 20.6 Å². The van der Waals surface area contributed by atoms with Crippen LogP contribution in [0.15, 0.2) is 48.5 Å². The summed E-state index contributed by atoms with van der Waals surface area (Å²) in [7, 11) is 0. The van der Waals surface area contributed by atoms with Gasteiger partial charge in [-0.3, -0.25) is 14.4 Å². The number of carbonyl (C=O) groups excluding carboxylic acids is 3. The number of amides is 3. The molecule has 0 saturated carbocycles. The number of para-hydroxylation sites is 1. The molecule has 5 atom stereocenters. The van der Waals surface area contributed by atoms with Crippen LogP contribution >= 0.6 is 11.8 Å². The predicted octanol–water partition coefficient (Wildman–Crippen LogP) is 4.91. The maximum absolute atomic E-state index is 14.2. The predicted molar refractivity (Wildman–Crippen MR) is 156 cm³/mol. The third-order valence-corrected chi connectivity index (χ3v) is 10.8. The van der Waals surface area contributed by atoms with E-state index in [4.69, 9.17) is 5.11 Å². The van der Waals surface area contributed by atoms with Gasteiger partial charge in [-0.25, -0.2) is 0 Å². The number of benzene rings is 2. The molecule has 3 heterocycles. The zero-order valence-corrected chi connectivity index (χ0v) is 23.9. The molecule has 3 N–H and O–H groups in total. The van der Waals surface area contributed by atoms with Crippen molar-refractivity contribution in [1.82, 2.24) is 4.90 Å². The summed E-state index contributed by atoms with van der Waals surface area (Å²) in [5.74, 6) is -1.45. The number of thioether (sulfide) groups is 1. The number of hydrogen-bond acceptors (Lipinski definition) is 5. The highest BCUT2D eigenvalue weighted by molar-refractivity contribution is 8.02. The van der Waals surface area contributed by atoms with Gasteiger partial charge in [0.1, 0.15) is 6.04 Å². The first kappa shape index (κ1) is 27.7. The van der Waals surface area contributed by atoms with Crippen molar-refractivity contribution in [2.75, 3.05) is 23.8 Å². The van der Waals surface area contributed by atoms with Crippen LogP contribution in [0.5, 0.6) is 0 Å². The van der Waals surface area contributed by atoms with Crippen LogP contribution in [0.3, 0.4) is 0 Å². The largest absolute Gasteiger partial charge is 0.396 e. The van der Waals surface area contributed by atoms with E-state index in [1.807, 2.05) is 62.4 Å². The molecule has 0 aromatic heterocycles. The summed E-state index contributed by atoms with van der Waals surface area (Å²) in [5.41, 5.74) is 3.50. The summed E-state index contributed by atoms with van der Waals surface area (Å²) in [4.78, 5) is 43.8. The number of nitrogens with zero attached hydrogens (tertiary/aromatic N) is 1. The van der Waals surface area contributed by atoms with Crippen molar-refractivity contribution in [3.05, 3.63) is 59.7 Å². The van der Waals surface area contributed by atoms with Crippen molar-refractivity contribution in [2.45, 2.75) is 74.8 Å². The summed E-state index contributed by atoms with van der Waals surface area (Å²) in [6, 6.07) is 14.7. The first-order chi connectivity index (χ1) is 18.7. The van der Waals surface area contributed by atoms with E-state index in [0.29, 0.717) is 12.2 Å². The second-order valence-electron chi connectivity index (χ2n) is 11.6. The lowest BCUT2D eigenvalue weighted by atomic mass is 9.66. The fraction of sp³-hybridized carbons (Fsp3) is 0.516. The molecule has 8 heteroatoms. The molecular weight excluding hydrogens is 510 g/mol. The van der Waals surface area contributed by atoms with Gasteiger partial charge in [0.2, 0.25) is 17.7 Å². The van der Waals surface area contributed by atoms with Crippen LogP contribution in [-0.4, -0.2) is 56.4 Å². The molecule has 39 heavy (non-hydrogen) atoms. The van der Waals surface area contributed by atoms with E-state index in [1.165, 1.54) is 0 Å². The van der Waals surface area contributed by atoms with Crippen molar-refractivity contribution in [2.24, 2.45) is 11.8 Å². The van der Waals surface area contributed by atoms with E-state index in [9.17, 15) is 14.4 Å². The number of anilines is 2. The van der Waals surface area contributed by atoms with Crippen LogP contribution in [0, 0.1) is 25.7 Å². The van der Waals surface area contributed by atoms with Gasteiger partial charge in [0.25, 0.3) is 0 Å². The molecule has 2 unspecified atom stereocenters. The smallest absolute Gasteiger partial charge is 0.248 e. The molecule has 3 aliphatic rings. The number of aliphatic hydroxyl groups excluding tert-OH is 1. The molecule has 2 aromatic rings.